The zero-order valence-corrected chi connectivity index (χ0v) is 11.7. The molecule has 2 rings (SSSR count). The standard InChI is InChI=1S/C14H21N3O3/c1-11-10-19-7-5-17(11)6-8-20-13-4-2-3-12(9-13)14(18)16-15/h2-4,9,11H,5-8,10,15H2,1H3,(H,16,18). The summed E-state index contributed by atoms with van der Waals surface area (Å²) >= 11 is 0. The summed E-state index contributed by atoms with van der Waals surface area (Å²) in [6, 6.07) is 7.40. The van der Waals surface area contributed by atoms with Crippen LogP contribution in [0.15, 0.2) is 24.3 Å². The highest BCUT2D eigenvalue weighted by molar-refractivity contribution is 5.94. The molecule has 1 unspecified atom stereocenters. The number of carbonyl (C=O) groups excluding carboxylic acids is 1. The van der Waals surface area contributed by atoms with Crippen LogP contribution in [-0.2, 0) is 4.74 Å². The fraction of sp³-hybridized carbons (Fsp3) is 0.500. The topological polar surface area (TPSA) is 76.8 Å². The van der Waals surface area contributed by atoms with E-state index in [2.05, 4.69) is 17.2 Å². The molecule has 1 atom stereocenters. The number of nitrogens with two attached hydrogens (primary N) is 1. The number of carbonyl (C=O) groups is 1. The zero-order chi connectivity index (χ0) is 14.4. The number of hydrogen-bond donors (Lipinski definition) is 2. The minimum atomic E-state index is -0.322. The fourth-order valence-electron chi connectivity index (χ4n) is 2.18. The number of rotatable bonds is 5. The number of amides is 1. The third kappa shape index (κ3) is 3.93. The zero-order valence-electron chi connectivity index (χ0n) is 11.7. The Kier molecular flexibility index (Phi) is 5.34. The Morgan fingerprint density at radius 3 is 3.20 bits per heavy atom. The Bertz CT molecular complexity index is 453. The molecular formula is C14H21N3O3. The Labute approximate surface area is 118 Å². The summed E-state index contributed by atoms with van der Waals surface area (Å²) in [5.41, 5.74) is 2.60. The van der Waals surface area contributed by atoms with Gasteiger partial charge in [-0.1, -0.05) is 6.07 Å². The van der Waals surface area contributed by atoms with Crippen molar-refractivity contribution in [3.8, 4) is 5.75 Å². The molecule has 1 aromatic carbocycles. The van der Waals surface area contributed by atoms with Gasteiger partial charge in [-0.25, -0.2) is 5.84 Å². The van der Waals surface area contributed by atoms with Crippen molar-refractivity contribution < 1.29 is 14.3 Å². The first-order valence-corrected chi connectivity index (χ1v) is 6.76. The number of nitrogens with zero attached hydrogens (tertiary/aromatic N) is 1. The Hall–Kier alpha value is -1.63. The minimum Gasteiger partial charge on any atom is -0.492 e. The molecule has 0 aliphatic carbocycles. The van der Waals surface area contributed by atoms with Crippen molar-refractivity contribution in [1.29, 1.82) is 0 Å². The van der Waals surface area contributed by atoms with E-state index >= 15 is 0 Å². The molecule has 0 radical (unpaired) electrons. The Morgan fingerprint density at radius 1 is 1.60 bits per heavy atom. The van der Waals surface area contributed by atoms with Crippen molar-refractivity contribution in [2.75, 3.05) is 32.9 Å². The Balaban J connectivity index is 1.83. The number of nitrogens with one attached hydrogen (secondary N) is 1. The van der Waals surface area contributed by atoms with Crippen molar-refractivity contribution in [3.63, 3.8) is 0 Å². The quantitative estimate of drug-likeness (QED) is 0.463. The molecule has 0 saturated carbocycles. The van der Waals surface area contributed by atoms with Gasteiger partial charge in [0.05, 0.1) is 13.2 Å². The highest BCUT2D eigenvalue weighted by atomic mass is 16.5. The number of benzene rings is 1. The lowest BCUT2D eigenvalue weighted by Gasteiger charge is -2.32. The van der Waals surface area contributed by atoms with Gasteiger partial charge in [-0.3, -0.25) is 15.1 Å². The third-order valence-corrected chi connectivity index (χ3v) is 3.38. The largest absolute Gasteiger partial charge is 0.492 e. The molecule has 6 heteroatoms. The van der Waals surface area contributed by atoms with Gasteiger partial charge in [-0.05, 0) is 25.1 Å². The molecule has 3 N–H and O–H groups in total. The number of ether oxygens (including phenoxy) is 2. The minimum absolute atomic E-state index is 0.322. The van der Waals surface area contributed by atoms with Gasteiger partial charge in [0.2, 0.25) is 0 Å². The maximum Gasteiger partial charge on any atom is 0.265 e. The third-order valence-electron chi connectivity index (χ3n) is 3.38. The normalized spacial score (nSPS) is 19.6. The highest BCUT2D eigenvalue weighted by Crippen LogP contribution is 2.13. The van der Waals surface area contributed by atoms with Crippen LogP contribution in [0, 0.1) is 0 Å². The van der Waals surface area contributed by atoms with E-state index in [0.717, 1.165) is 26.3 Å². The number of nitrogen functional groups attached to an aromatic ring is 1. The Morgan fingerprint density at radius 2 is 2.45 bits per heavy atom. The first kappa shape index (κ1) is 14.8. The van der Waals surface area contributed by atoms with Crippen LogP contribution in [-0.4, -0.2) is 49.8 Å². The first-order valence-electron chi connectivity index (χ1n) is 6.76. The average Bonchev–Trinajstić information content (AvgIpc) is 2.49. The van der Waals surface area contributed by atoms with Crippen molar-refractivity contribution in [3.05, 3.63) is 29.8 Å². The molecule has 1 amide bonds. The maximum atomic E-state index is 11.4. The molecular weight excluding hydrogens is 258 g/mol. The summed E-state index contributed by atoms with van der Waals surface area (Å²) in [7, 11) is 0. The molecule has 6 nitrogen and oxygen atoms in total. The molecule has 1 aliphatic heterocycles. The van der Waals surface area contributed by atoms with Gasteiger partial charge in [0.1, 0.15) is 12.4 Å². The predicted octanol–water partition coefficient (Wildman–Crippen LogP) is 0.390. The van der Waals surface area contributed by atoms with Gasteiger partial charge in [-0.2, -0.15) is 0 Å². The van der Waals surface area contributed by atoms with Crippen LogP contribution >= 0.6 is 0 Å². The van der Waals surface area contributed by atoms with Crippen molar-refractivity contribution >= 4 is 5.91 Å². The second-order valence-electron chi connectivity index (χ2n) is 4.81. The first-order chi connectivity index (χ1) is 9.70. The van der Waals surface area contributed by atoms with E-state index in [1.165, 1.54) is 0 Å². The summed E-state index contributed by atoms with van der Waals surface area (Å²) < 4.78 is 11.1. The van der Waals surface area contributed by atoms with E-state index in [9.17, 15) is 4.79 Å². The maximum absolute atomic E-state index is 11.4. The van der Waals surface area contributed by atoms with Crippen molar-refractivity contribution in [2.24, 2.45) is 5.84 Å². The predicted molar refractivity (Wildman–Crippen MR) is 75.4 cm³/mol. The summed E-state index contributed by atoms with van der Waals surface area (Å²) in [5.74, 6) is 5.46. The summed E-state index contributed by atoms with van der Waals surface area (Å²) in [6.45, 7) is 6.05. The van der Waals surface area contributed by atoms with Gasteiger partial charge >= 0.3 is 0 Å². The highest BCUT2D eigenvalue weighted by Gasteiger charge is 2.18. The second kappa shape index (κ2) is 7.23. The SMILES string of the molecule is CC1COCCN1CCOc1cccc(C(=O)NN)c1. The van der Waals surface area contributed by atoms with Crippen molar-refractivity contribution in [1.82, 2.24) is 10.3 Å². The number of hydrogen-bond acceptors (Lipinski definition) is 5. The fourth-order valence-corrected chi connectivity index (χ4v) is 2.18. The molecule has 1 fully saturated rings. The molecule has 1 aromatic rings. The van der Waals surface area contributed by atoms with E-state index in [1.54, 1.807) is 18.2 Å². The van der Waals surface area contributed by atoms with E-state index in [-0.39, 0.29) is 5.91 Å². The van der Waals surface area contributed by atoms with Crippen LogP contribution in [0.5, 0.6) is 5.75 Å². The lowest BCUT2D eigenvalue weighted by molar-refractivity contribution is -0.00514. The smallest absolute Gasteiger partial charge is 0.265 e. The van der Waals surface area contributed by atoms with Crippen LogP contribution in [0.4, 0.5) is 0 Å². The molecule has 0 aromatic heterocycles. The van der Waals surface area contributed by atoms with Gasteiger partial charge in [0.15, 0.2) is 0 Å². The molecule has 1 saturated heterocycles. The lowest BCUT2D eigenvalue weighted by atomic mass is 10.2. The summed E-state index contributed by atoms with van der Waals surface area (Å²) in [4.78, 5) is 13.7. The van der Waals surface area contributed by atoms with Gasteiger partial charge in [0.25, 0.3) is 5.91 Å². The van der Waals surface area contributed by atoms with E-state index in [1.807, 2.05) is 6.07 Å². The second-order valence-corrected chi connectivity index (χ2v) is 4.81. The molecule has 20 heavy (non-hydrogen) atoms. The van der Waals surface area contributed by atoms with Crippen LogP contribution in [0.25, 0.3) is 0 Å². The molecule has 1 aliphatic rings. The van der Waals surface area contributed by atoms with Crippen LogP contribution in [0.2, 0.25) is 0 Å². The van der Waals surface area contributed by atoms with E-state index in [4.69, 9.17) is 15.3 Å². The monoisotopic (exact) mass is 279 g/mol. The molecule has 0 spiro atoms. The van der Waals surface area contributed by atoms with Crippen LogP contribution in [0.3, 0.4) is 0 Å². The number of morpholine rings is 1. The molecule has 1 heterocycles. The molecule has 0 bridgehead atoms. The average molecular weight is 279 g/mol. The summed E-state index contributed by atoms with van der Waals surface area (Å²) in [6.07, 6.45) is 0. The van der Waals surface area contributed by atoms with Gasteiger partial charge in [0, 0.05) is 24.7 Å². The molecule has 110 valence electrons. The van der Waals surface area contributed by atoms with Gasteiger partial charge in [-0.15, -0.1) is 0 Å². The lowest BCUT2D eigenvalue weighted by Crippen LogP contribution is -2.45. The van der Waals surface area contributed by atoms with Gasteiger partial charge < -0.3 is 9.47 Å². The summed E-state index contributed by atoms with van der Waals surface area (Å²) in [5, 5.41) is 0. The van der Waals surface area contributed by atoms with Crippen LogP contribution < -0.4 is 16.0 Å². The van der Waals surface area contributed by atoms with E-state index < -0.39 is 0 Å². The van der Waals surface area contributed by atoms with Crippen molar-refractivity contribution in [2.45, 2.75) is 13.0 Å². The van der Waals surface area contributed by atoms with Crippen LogP contribution in [0.1, 0.15) is 17.3 Å². The van der Waals surface area contributed by atoms with E-state index in [0.29, 0.717) is 24.0 Å². The number of hydrazine groups is 1.